The van der Waals surface area contributed by atoms with E-state index in [4.69, 9.17) is 11.6 Å². The summed E-state index contributed by atoms with van der Waals surface area (Å²) in [6.45, 7) is 0.481. The Balaban J connectivity index is 1.94. The van der Waals surface area contributed by atoms with Gasteiger partial charge in [0.25, 0.3) is 0 Å². The van der Waals surface area contributed by atoms with Gasteiger partial charge >= 0.3 is 0 Å². The summed E-state index contributed by atoms with van der Waals surface area (Å²) in [5.41, 5.74) is 0.143. The third kappa shape index (κ3) is 3.71. The Hall–Kier alpha value is -1.06. The van der Waals surface area contributed by atoms with Crippen LogP contribution in [-0.2, 0) is 11.3 Å². The largest absolute Gasteiger partial charge is 0.389 e. The summed E-state index contributed by atoms with van der Waals surface area (Å²) in [7, 11) is 1.75. The molecule has 2 rings (SSSR count). The quantitative estimate of drug-likeness (QED) is 0.922. The molecule has 0 aromatic heterocycles. The van der Waals surface area contributed by atoms with Crippen molar-refractivity contribution in [2.45, 2.75) is 44.2 Å². The van der Waals surface area contributed by atoms with Gasteiger partial charge in [-0.05, 0) is 24.5 Å². The second-order valence-corrected chi connectivity index (χ2v) is 5.86. The lowest BCUT2D eigenvalue weighted by atomic mass is 9.97. The summed E-state index contributed by atoms with van der Waals surface area (Å²) < 4.78 is 0. The van der Waals surface area contributed by atoms with Gasteiger partial charge in [-0.25, -0.2) is 0 Å². The van der Waals surface area contributed by atoms with E-state index in [1.54, 1.807) is 11.9 Å². The number of halogens is 1. The van der Waals surface area contributed by atoms with Gasteiger partial charge in [0.15, 0.2) is 0 Å². The highest BCUT2D eigenvalue weighted by Gasteiger charge is 2.34. The van der Waals surface area contributed by atoms with Crippen LogP contribution in [0.25, 0.3) is 0 Å². The maximum atomic E-state index is 12.1. The Kier molecular flexibility index (Phi) is 4.48. The summed E-state index contributed by atoms with van der Waals surface area (Å²) in [5.74, 6) is -0.0238. The molecule has 0 aliphatic heterocycles. The fourth-order valence-corrected chi connectivity index (χ4v) is 2.79. The van der Waals surface area contributed by atoms with Crippen LogP contribution in [0.5, 0.6) is 0 Å². The molecular formula is C15H20ClNO2. The second kappa shape index (κ2) is 5.93. The molecule has 1 saturated carbocycles. The number of rotatable bonds is 4. The smallest absolute Gasteiger partial charge is 0.225 e. The lowest BCUT2D eigenvalue weighted by molar-refractivity contribution is -0.135. The zero-order valence-corrected chi connectivity index (χ0v) is 12.0. The third-order valence-corrected chi connectivity index (χ3v) is 4.17. The molecule has 1 aliphatic rings. The molecule has 1 amide bonds. The number of carbonyl (C=O) groups excluding carboxylic acids is 1. The van der Waals surface area contributed by atoms with E-state index >= 15 is 0 Å². The fraction of sp³-hybridized carbons (Fsp3) is 0.533. The van der Waals surface area contributed by atoms with Crippen molar-refractivity contribution in [3.63, 3.8) is 0 Å². The van der Waals surface area contributed by atoms with Crippen LogP contribution < -0.4 is 0 Å². The summed E-state index contributed by atoms with van der Waals surface area (Å²) in [4.78, 5) is 13.8. The first-order chi connectivity index (χ1) is 9.00. The molecule has 0 bridgehead atoms. The number of hydrogen-bond acceptors (Lipinski definition) is 2. The van der Waals surface area contributed by atoms with E-state index in [-0.39, 0.29) is 12.3 Å². The van der Waals surface area contributed by atoms with Crippen LogP contribution in [0.4, 0.5) is 0 Å². The Morgan fingerprint density at radius 2 is 2.00 bits per heavy atom. The predicted molar refractivity (Wildman–Crippen MR) is 76.0 cm³/mol. The van der Waals surface area contributed by atoms with Gasteiger partial charge in [0, 0.05) is 18.6 Å². The van der Waals surface area contributed by atoms with E-state index in [1.807, 2.05) is 24.3 Å². The molecule has 1 aromatic carbocycles. The van der Waals surface area contributed by atoms with Crippen molar-refractivity contribution in [1.29, 1.82) is 0 Å². The van der Waals surface area contributed by atoms with Gasteiger partial charge in [0.05, 0.1) is 12.0 Å². The fourth-order valence-electron chi connectivity index (χ4n) is 2.60. The van der Waals surface area contributed by atoms with Crippen molar-refractivity contribution in [3.05, 3.63) is 34.9 Å². The summed E-state index contributed by atoms with van der Waals surface area (Å²) in [5, 5.41) is 10.9. The maximum Gasteiger partial charge on any atom is 0.225 e. The van der Waals surface area contributed by atoms with E-state index in [0.29, 0.717) is 11.6 Å². The van der Waals surface area contributed by atoms with E-state index in [1.165, 1.54) is 0 Å². The van der Waals surface area contributed by atoms with Crippen molar-refractivity contribution in [3.8, 4) is 0 Å². The molecule has 0 radical (unpaired) electrons. The van der Waals surface area contributed by atoms with Crippen molar-refractivity contribution in [1.82, 2.24) is 4.90 Å². The van der Waals surface area contributed by atoms with Crippen molar-refractivity contribution in [2.75, 3.05) is 7.05 Å². The van der Waals surface area contributed by atoms with E-state index < -0.39 is 5.60 Å². The summed E-state index contributed by atoms with van der Waals surface area (Å²) in [6.07, 6.45) is 3.71. The summed E-state index contributed by atoms with van der Waals surface area (Å²) in [6, 6.07) is 7.51. The zero-order valence-electron chi connectivity index (χ0n) is 11.2. The molecule has 1 aliphatic carbocycles. The molecule has 4 heteroatoms. The number of benzene rings is 1. The Bertz CT molecular complexity index is 455. The topological polar surface area (TPSA) is 40.5 Å². The monoisotopic (exact) mass is 281 g/mol. The van der Waals surface area contributed by atoms with E-state index in [0.717, 1.165) is 31.2 Å². The van der Waals surface area contributed by atoms with Crippen molar-refractivity contribution in [2.24, 2.45) is 0 Å². The maximum absolute atomic E-state index is 12.1. The van der Waals surface area contributed by atoms with Gasteiger partial charge in [-0.1, -0.05) is 42.6 Å². The molecule has 0 saturated heterocycles. The van der Waals surface area contributed by atoms with Crippen LogP contribution in [0, 0.1) is 0 Å². The van der Waals surface area contributed by atoms with Gasteiger partial charge < -0.3 is 10.0 Å². The molecule has 0 unspecified atom stereocenters. The number of aliphatic hydroxyl groups is 1. The Morgan fingerprint density at radius 3 is 2.63 bits per heavy atom. The van der Waals surface area contributed by atoms with Crippen LogP contribution >= 0.6 is 11.6 Å². The molecule has 19 heavy (non-hydrogen) atoms. The van der Waals surface area contributed by atoms with Crippen LogP contribution in [0.2, 0.25) is 5.02 Å². The molecule has 1 N–H and O–H groups in total. The van der Waals surface area contributed by atoms with Gasteiger partial charge in [-0.2, -0.15) is 0 Å². The minimum absolute atomic E-state index is 0.0238. The predicted octanol–water partition coefficient (Wildman–Crippen LogP) is 2.99. The van der Waals surface area contributed by atoms with Gasteiger partial charge in [-0.3, -0.25) is 4.79 Å². The molecule has 1 fully saturated rings. The first-order valence-electron chi connectivity index (χ1n) is 6.70. The van der Waals surface area contributed by atoms with Gasteiger partial charge in [0.2, 0.25) is 5.91 Å². The standard InChI is InChI=1S/C15H20ClNO2/c1-17(11-12-6-2-3-7-13(12)16)14(18)10-15(19)8-4-5-9-15/h2-3,6-7,19H,4-5,8-11H2,1H3. The highest BCUT2D eigenvalue weighted by atomic mass is 35.5. The third-order valence-electron chi connectivity index (χ3n) is 3.81. The van der Waals surface area contributed by atoms with Crippen LogP contribution in [-0.4, -0.2) is 28.6 Å². The minimum atomic E-state index is -0.786. The number of nitrogens with zero attached hydrogens (tertiary/aromatic N) is 1. The lowest BCUT2D eigenvalue weighted by Crippen LogP contribution is -2.35. The normalized spacial score (nSPS) is 17.4. The van der Waals surface area contributed by atoms with Crippen molar-refractivity contribution >= 4 is 17.5 Å². The van der Waals surface area contributed by atoms with Crippen LogP contribution in [0.15, 0.2) is 24.3 Å². The first-order valence-corrected chi connectivity index (χ1v) is 7.08. The SMILES string of the molecule is CN(Cc1ccccc1Cl)C(=O)CC1(O)CCCC1. The molecule has 104 valence electrons. The number of carbonyl (C=O) groups is 1. The molecular weight excluding hydrogens is 262 g/mol. The highest BCUT2D eigenvalue weighted by molar-refractivity contribution is 6.31. The summed E-state index contributed by atoms with van der Waals surface area (Å²) >= 11 is 6.08. The molecule has 0 heterocycles. The molecule has 3 nitrogen and oxygen atoms in total. The number of hydrogen-bond donors (Lipinski definition) is 1. The lowest BCUT2D eigenvalue weighted by Gasteiger charge is -2.25. The van der Waals surface area contributed by atoms with E-state index in [2.05, 4.69) is 0 Å². The molecule has 0 atom stereocenters. The molecule has 0 spiro atoms. The second-order valence-electron chi connectivity index (χ2n) is 5.45. The average Bonchev–Trinajstić information content (AvgIpc) is 2.78. The minimum Gasteiger partial charge on any atom is -0.389 e. The van der Waals surface area contributed by atoms with Crippen LogP contribution in [0.1, 0.15) is 37.7 Å². The van der Waals surface area contributed by atoms with Gasteiger partial charge in [0.1, 0.15) is 0 Å². The van der Waals surface area contributed by atoms with Crippen molar-refractivity contribution < 1.29 is 9.90 Å². The Labute approximate surface area is 119 Å². The van der Waals surface area contributed by atoms with Gasteiger partial charge in [-0.15, -0.1) is 0 Å². The zero-order chi connectivity index (χ0) is 13.9. The number of amides is 1. The van der Waals surface area contributed by atoms with E-state index in [9.17, 15) is 9.90 Å². The van der Waals surface area contributed by atoms with Crippen LogP contribution in [0.3, 0.4) is 0 Å². The molecule has 1 aromatic rings. The Morgan fingerprint density at radius 1 is 1.37 bits per heavy atom. The first kappa shape index (κ1) is 14.4. The highest BCUT2D eigenvalue weighted by Crippen LogP contribution is 2.32. The average molecular weight is 282 g/mol.